The van der Waals surface area contributed by atoms with Gasteiger partial charge in [-0.1, -0.05) is 39.8 Å². The van der Waals surface area contributed by atoms with Crippen LogP contribution in [0.15, 0.2) is 36.4 Å². The first-order chi connectivity index (χ1) is 17.6. The lowest BCUT2D eigenvalue weighted by Crippen LogP contribution is -2.49. The number of benzene rings is 1. The van der Waals surface area contributed by atoms with Crippen LogP contribution in [0.1, 0.15) is 61.4 Å². The number of nitro groups is 1. The molecule has 0 atom stereocenters. The van der Waals surface area contributed by atoms with Crippen LogP contribution in [0.25, 0.3) is 0 Å². The van der Waals surface area contributed by atoms with Crippen LogP contribution >= 0.6 is 0 Å². The fourth-order valence-corrected chi connectivity index (χ4v) is 3.64. The van der Waals surface area contributed by atoms with Gasteiger partial charge < -0.3 is 20.9 Å². The molecule has 11 heteroatoms. The van der Waals surface area contributed by atoms with Gasteiger partial charge in [-0.05, 0) is 49.4 Å². The van der Waals surface area contributed by atoms with Crippen LogP contribution in [0.2, 0.25) is 0 Å². The normalized spacial score (nSPS) is 13.3. The Bertz CT molecular complexity index is 1020. The Labute approximate surface area is 218 Å². The van der Waals surface area contributed by atoms with Gasteiger partial charge >= 0.3 is 0 Å². The largest absolute Gasteiger partial charge is 0.352 e. The van der Waals surface area contributed by atoms with E-state index in [-0.39, 0.29) is 28.8 Å². The lowest BCUT2D eigenvalue weighted by molar-refractivity contribution is -0.385. The molecule has 0 saturated carbocycles. The van der Waals surface area contributed by atoms with Gasteiger partial charge in [-0.15, -0.1) is 10.2 Å². The number of hydrogen-bond donors (Lipinski definition) is 2. The maximum atomic E-state index is 12.7. The van der Waals surface area contributed by atoms with E-state index in [2.05, 4.69) is 43.2 Å². The fourth-order valence-electron chi connectivity index (χ4n) is 3.64. The third-order valence-electron chi connectivity index (χ3n) is 5.86. The lowest BCUT2D eigenvalue weighted by atomic mass is 10.1. The van der Waals surface area contributed by atoms with Crippen molar-refractivity contribution in [2.24, 2.45) is 17.6 Å². The van der Waals surface area contributed by atoms with Gasteiger partial charge in [-0.25, -0.2) is 0 Å². The maximum absolute atomic E-state index is 12.7. The Hall–Kier alpha value is -3.60. The Balaban J connectivity index is 0.000000717. The van der Waals surface area contributed by atoms with Crippen molar-refractivity contribution in [2.45, 2.75) is 40.5 Å². The number of rotatable bonds is 9. The standard InChI is InChI=1S/C21H26N6O4.C5H13N/c1-15(2)9-10-22-20(28)17-7-8-19(24-23-17)25-11-13-26(14-12-25)21(29)16-5-3-4-6-18(16)27(30)31;1-5(2)3-4-6/h3-8,15H,9-14H2,1-2H3,(H,22,28);5H,3-4,6H2,1-2H3. The Morgan fingerprint density at radius 2 is 1.65 bits per heavy atom. The molecule has 11 nitrogen and oxygen atoms in total. The summed E-state index contributed by atoms with van der Waals surface area (Å²) in [4.78, 5) is 39.1. The Morgan fingerprint density at radius 3 is 2.16 bits per heavy atom. The van der Waals surface area contributed by atoms with Crippen LogP contribution in [0.3, 0.4) is 0 Å². The van der Waals surface area contributed by atoms with Crippen LogP contribution in [-0.2, 0) is 0 Å². The number of nitrogens with two attached hydrogens (primary N) is 1. The molecule has 0 spiro atoms. The van der Waals surface area contributed by atoms with Crippen molar-refractivity contribution in [2.75, 3.05) is 44.2 Å². The van der Waals surface area contributed by atoms with Crippen molar-refractivity contribution in [1.82, 2.24) is 20.4 Å². The minimum Gasteiger partial charge on any atom is -0.352 e. The second kappa shape index (κ2) is 14.8. The molecular weight excluding hydrogens is 474 g/mol. The highest BCUT2D eigenvalue weighted by Gasteiger charge is 2.27. The molecule has 1 aromatic carbocycles. The minimum absolute atomic E-state index is 0.0913. The number of para-hydroxylation sites is 1. The lowest BCUT2D eigenvalue weighted by Gasteiger charge is -2.35. The summed E-state index contributed by atoms with van der Waals surface area (Å²) in [6.45, 7) is 11.8. The van der Waals surface area contributed by atoms with Crippen LogP contribution in [-0.4, -0.2) is 71.1 Å². The van der Waals surface area contributed by atoms with Crippen molar-refractivity contribution < 1.29 is 14.5 Å². The van der Waals surface area contributed by atoms with Gasteiger partial charge in [0.2, 0.25) is 0 Å². The molecule has 0 radical (unpaired) electrons. The van der Waals surface area contributed by atoms with Crippen LogP contribution in [0.5, 0.6) is 0 Å². The predicted octanol–water partition coefficient (Wildman–Crippen LogP) is 3.11. The second-order valence-electron chi connectivity index (χ2n) is 9.74. The van der Waals surface area contributed by atoms with E-state index in [0.717, 1.165) is 25.3 Å². The number of carbonyl (C=O) groups is 2. The summed E-state index contributed by atoms with van der Waals surface area (Å²) in [6, 6.07) is 9.34. The highest BCUT2D eigenvalue weighted by atomic mass is 16.6. The third kappa shape index (κ3) is 9.41. The van der Waals surface area contributed by atoms with Crippen molar-refractivity contribution in [3.63, 3.8) is 0 Å². The van der Waals surface area contributed by atoms with E-state index in [0.29, 0.717) is 44.5 Å². The number of hydrogen-bond acceptors (Lipinski definition) is 8. The fraction of sp³-hybridized carbons (Fsp3) is 0.538. The monoisotopic (exact) mass is 513 g/mol. The smallest absolute Gasteiger partial charge is 0.282 e. The number of nitro benzene ring substituents is 1. The van der Waals surface area contributed by atoms with E-state index in [1.807, 2.05) is 4.90 Å². The molecule has 0 unspecified atom stereocenters. The zero-order chi connectivity index (χ0) is 27.4. The Morgan fingerprint density at radius 1 is 1.00 bits per heavy atom. The number of aromatic nitrogens is 2. The molecule has 202 valence electrons. The van der Waals surface area contributed by atoms with E-state index in [4.69, 9.17) is 5.73 Å². The summed E-state index contributed by atoms with van der Waals surface area (Å²) in [5.41, 5.74) is 5.39. The Kier molecular flexibility index (Phi) is 11.9. The molecular formula is C26H39N7O4. The minimum atomic E-state index is -0.542. The molecule has 1 aromatic heterocycles. The molecule has 1 aliphatic heterocycles. The quantitative estimate of drug-likeness (QED) is 0.384. The molecule has 2 heterocycles. The third-order valence-corrected chi connectivity index (χ3v) is 5.86. The van der Waals surface area contributed by atoms with Gasteiger partial charge in [0.15, 0.2) is 11.5 Å². The van der Waals surface area contributed by atoms with Crippen LogP contribution < -0.4 is 16.0 Å². The summed E-state index contributed by atoms with van der Waals surface area (Å²) < 4.78 is 0. The van der Waals surface area contributed by atoms with Gasteiger partial charge in [0.05, 0.1) is 4.92 Å². The molecule has 1 saturated heterocycles. The van der Waals surface area contributed by atoms with Crippen molar-refractivity contribution in [1.29, 1.82) is 0 Å². The first-order valence-electron chi connectivity index (χ1n) is 12.7. The SMILES string of the molecule is CC(C)CCN.CC(C)CCNC(=O)c1ccc(N2CCN(C(=O)c3ccccc3[N+](=O)[O-])CC2)nn1. The average molecular weight is 514 g/mol. The van der Waals surface area contributed by atoms with Crippen LogP contribution in [0.4, 0.5) is 11.5 Å². The summed E-state index contributed by atoms with van der Waals surface area (Å²) >= 11 is 0. The van der Waals surface area contributed by atoms with Gasteiger partial charge in [-0.3, -0.25) is 19.7 Å². The molecule has 0 bridgehead atoms. The predicted molar refractivity (Wildman–Crippen MR) is 144 cm³/mol. The molecule has 3 N–H and O–H groups in total. The number of nitrogens with one attached hydrogen (secondary N) is 1. The van der Waals surface area contributed by atoms with E-state index in [1.54, 1.807) is 29.2 Å². The van der Waals surface area contributed by atoms with Gasteiger partial charge in [0.25, 0.3) is 17.5 Å². The number of piperazine rings is 1. The number of nitrogens with zero attached hydrogens (tertiary/aromatic N) is 5. The summed E-state index contributed by atoms with van der Waals surface area (Å²) in [6.07, 6.45) is 2.05. The first-order valence-corrected chi connectivity index (χ1v) is 12.7. The highest BCUT2D eigenvalue weighted by molar-refractivity contribution is 5.98. The van der Waals surface area contributed by atoms with E-state index >= 15 is 0 Å². The van der Waals surface area contributed by atoms with E-state index in [1.165, 1.54) is 12.1 Å². The van der Waals surface area contributed by atoms with Crippen LogP contribution in [0, 0.1) is 22.0 Å². The first kappa shape index (κ1) is 29.6. The van der Waals surface area contributed by atoms with Gasteiger partial charge in [-0.2, -0.15) is 0 Å². The van der Waals surface area contributed by atoms with Crippen molar-refractivity contribution >= 4 is 23.3 Å². The molecule has 37 heavy (non-hydrogen) atoms. The molecule has 1 aliphatic rings. The highest BCUT2D eigenvalue weighted by Crippen LogP contribution is 2.21. The molecule has 2 amide bonds. The van der Waals surface area contributed by atoms with Crippen molar-refractivity contribution in [3.8, 4) is 0 Å². The molecule has 3 rings (SSSR count). The van der Waals surface area contributed by atoms with E-state index < -0.39 is 4.92 Å². The summed E-state index contributed by atoms with van der Waals surface area (Å²) in [5, 5.41) is 22.2. The molecule has 2 aromatic rings. The topological polar surface area (TPSA) is 148 Å². The van der Waals surface area contributed by atoms with Gasteiger partial charge in [0.1, 0.15) is 5.56 Å². The molecule has 1 fully saturated rings. The zero-order valence-corrected chi connectivity index (χ0v) is 22.2. The van der Waals surface area contributed by atoms with Gasteiger partial charge in [0, 0.05) is 38.8 Å². The zero-order valence-electron chi connectivity index (χ0n) is 22.2. The van der Waals surface area contributed by atoms with E-state index in [9.17, 15) is 19.7 Å². The maximum Gasteiger partial charge on any atom is 0.282 e. The average Bonchev–Trinajstić information content (AvgIpc) is 2.88. The number of anilines is 1. The molecule has 0 aliphatic carbocycles. The summed E-state index contributed by atoms with van der Waals surface area (Å²) in [7, 11) is 0. The number of amides is 2. The van der Waals surface area contributed by atoms with Crippen molar-refractivity contribution in [3.05, 3.63) is 57.8 Å². The number of carbonyl (C=O) groups excluding carboxylic acids is 2. The summed E-state index contributed by atoms with van der Waals surface area (Å²) in [5.74, 6) is 1.30. The second-order valence-corrected chi connectivity index (χ2v) is 9.74.